The van der Waals surface area contributed by atoms with Gasteiger partial charge in [0.2, 0.25) is 0 Å². The van der Waals surface area contributed by atoms with E-state index >= 15 is 0 Å². The highest BCUT2D eigenvalue weighted by Gasteiger charge is 1.99. The molecule has 0 aliphatic rings. The molecule has 18 heavy (non-hydrogen) atoms. The number of hydrogen-bond donors (Lipinski definition) is 2. The van der Waals surface area contributed by atoms with Gasteiger partial charge >= 0.3 is 0 Å². The third kappa shape index (κ3) is 6.53. The molecule has 0 aliphatic carbocycles. The maximum Gasteiger partial charge on any atom is 0.0222 e. The Morgan fingerprint density at radius 2 is 1.89 bits per heavy atom. The van der Waals surface area contributed by atoms with Gasteiger partial charge in [0, 0.05) is 11.0 Å². The average molecular weight is 313 g/mol. The quantitative estimate of drug-likeness (QED) is 0.718. The van der Waals surface area contributed by atoms with Crippen molar-refractivity contribution in [3.8, 4) is 0 Å². The zero-order valence-corrected chi connectivity index (χ0v) is 13.3. The number of rotatable bonds is 8. The van der Waals surface area contributed by atoms with Gasteiger partial charge in [0.05, 0.1) is 0 Å². The molecule has 0 amide bonds. The molecule has 1 aromatic rings. The summed E-state index contributed by atoms with van der Waals surface area (Å²) in [5.74, 6) is 0.737. The standard InChI is InChI=1S/C15H25BrN2/c1-12(2)10-17-7-4-8-18-11-14-6-5-13(3)9-15(14)16/h5-6,9,12,17-18H,4,7-8,10-11H2,1-3H3. The van der Waals surface area contributed by atoms with Crippen molar-refractivity contribution in [2.24, 2.45) is 5.92 Å². The molecule has 0 heterocycles. The number of hydrogen-bond acceptors (Lipinski definition) is 2. The predicted octanol–water partition coefficient (Wildman–Crippen LogP) is 3.48. The van der Waals surface area contributed by atoms with E-state index in [1.807, 2.05) is 0 Å². The van der Waals surface area contributed by atoms with Crippen LogP contribution in [0.1, 0.15) is 31.4 Å². The summed E-state index contributed by atoms with van der Waals surface area (Å²) in [4.78, 5) is 0. The van der Waals surface area contributed by atoms with E-state index in [0.717, 1.165) is 32.1 Å². The van der Waals surface area contributed by atoms with Crippen molar-refractivity contribution < 1.29 is 0 Å². The third-order valence-corrected chi connectivity index (χ3v) is 3.52. The van der Waals surface area contributed by atoms with Crippen LogP contribution in [0.4, 0.5) is 0 Å². The van der Waals surface area contributed by atoms with E-state index in [-0.39, 0.29) is 0 Å². The maximum absolute atomic E-state index is 3.60. The van der Waals surface area contributed by atoms with E-state index in [0.29, 0.717) is 0 Å². The smallest absolute Gasteiger partial charge is 0.0222 e. The van der Waals surface area contributed by atoms with Gasteiger partial charge in [-0.1, -0.05) is 41.9 Å². The van der Waals surface area contributed by atoms with Crippen molar-refractivity contribution in [3.05, 3.63) is 33.8 Å². The minimum atomic E-state index is 0.737. The van der Waals surface area contributed by atoms with Gasteiger partial charge in [-0.25, -0.2) is 0 Å². The van der Waals surface area contributed by atoms with Crippen LogP contribution < -0.4 is 10.6 Å². The zero-order valence-electron chi connectivity index (χ0n) is 11.7. The van der Waals surface area contributed by atoms with Gasteiger partial charge in [0.25, 0.3) is 0 Å². The monoisotopic (exact) mass is 312 g/mol. The Balaban J connectivity index is 2.11. The van der Waals surface area contributed by atoms with Gasteiger partial charge in [-0.15, -0.1) is 0 Å². The molecule has 0 radical (unpaired) electrons. The summed E-state index contributed by atoms with van der Waals surface area (Å²) in [5.41, 5.74) is 2.62. The first-order valence-corrected chi connectivity index (χ1v) is 7.55. The summed E-state index contributed by atoms with van der Waals surface area (Å²) in [6.45, 7) is 10.8. The fourth-order valence-electron chi connectivity index (χ4n) is 1.75. The van der Waals surface area contributed by atoms with Gasteiger partial charge in [0.15, 0.2) is 0 Å². The Kier molecular flexibility index (Phi) is 7.56. The second kappa shape index (κ2) is 8.68. The minimum absolute atomic E-state index is 0.737. The fraction of sp³-hybridized carbons (Fsp3) is 0.600. The maximum atomic E-state index is 3.60. The summed E-state index contributed by atoms with van der Waals surface area (Å²) >= 11 is 3.60. The highest BCUT2D eigenvalue weighted by Crippen LogP contribution is 2.17. The highest BCUT2D eigenvalue weighted by atomic mass is 79.9. The lowest BCUT2D eigenvalue weighted by molar-refractivity contribution is 0.530. The van der Waals surface area contributed by atoms with Gasteiger partial charge in [0.1, 0.15) is 0 Å². The normalized spacial score (nSPS) is 11.2. The first-order chi connectivity index (χ1) is 8.59. The second-order valence-electron chi connectivity index (χ2n) is 5.22. The summed E-state index contributed by atoms with van der Waals surface area (Å²) in [6, 6.07) is 6.51. The molecule has 0 saturated heterocycles. The Bertz CT molecular complexity index is 350. The van der Waals surface area contributed by atoms with Crippen molar-refractivity contribution >= 4 is 15.9 Å². The van der Waals surface area contributed by atoms with Crippen molar-refractivity contribution in [3.63, 3.8) is 0 Å². The first kappa shape index (κ1) is 15.7. The molecule has 2 nitrogen and oxygen atoms in total. The van der Waals surface area contributed by atoms with Crippen molar-refractivity contribution in [2.75, 3.05) is 19.6 Å². The van der Waals surface area contributed by atoms with E-state index in [1.165, 1.54) is 22.0 Å². The summed E-state index contributed by atoms with van der Waals surface area (Å²) in [7, 11) is 0. The molecule has 1 rings (SSSR count). The van der Waals surface area contributed by atoms with E-state index in [1.54, 1.807) is 0 Å². The van der Waals surface area contributed by atoms with Crippen LogP contribution in [0.25, 0.3) is 0 Å². The largest absolute Gasteiger partial charge is 0.316 e. The van der Waals surface area contributed by atoms with Crippen molar-refractivity contribution in [1.82, 2.24) is 10.6 Å². The summed E-state index contributed by atoms with van der Waals surface area (Å²) < 4.78 is 1.20. The molecule has 0 spiro atoms. The van der Waals surface area contributed by atoms with E-state index in [9.17, 15) is 0 Å². The van der Waals surface area contributed by atoms with Crippen LogP contribution in [-0.2, 0) is 6.54 Å². The minimum Gasteiger partial charge on any atom is -0.316 e. The van der Waals surface area contributed by atoms with Crippen LogP contribution in [0, 0.1) is 12.8 Å². The van der Waals surface area contributed by atoms with E-state index in [4.69, 9.17) is 0 Å². The molecular formula is C15H25BrN2. The average Bonchev–Trinajstić information content (AvgIpc) is 2.30. The first-order valence-electron chi connectivity index (χ1n) is 6.76. The molecular weight excluding hydrogens is 288 g/mol. The predicted molar refractivity (Wildman–Crippen MR) is 82.9 cm³/mol. The Labute approximate surface area is 120 Å². The number of nitrogens with one attached hydrogen (secondary N) is 2. The SMILES string of the molecule is Cc1ccc(CNCCCNCC(C)C)c(Br)c1. The van der Waals surface area contributed by atoms with Crippen LogP contribution in [-0.4, -0.2) is 19.6 Å². The summed E-state index contributed by atoms with van der Waals surface area (Å²) in [6.07, 6.45) is 1.18. The van der Waals surface area contributed by atoms with Crippen molar-refractivity contribution in [1.29, 1.82) is 0 Å². The molecule has 0 saturated carbocycles. The lowest BCUT2D eigenvalue weighted by Gasteiger charge is -2.09. The van der Waals surface area contributed by atoms with Crippen molar-refractivity contribution in [2.45, 2.75) is 33.7 Å². The van der Waals surface area contributed by atoms with Gasteiger partial charge in [-0.05, 0) is 56.1 Å². The molecule has 0 aliphatic heterocycles. The molecule has 0 fully saturated rings. The fourth-order valence-corrected chi connectivity index (χ4v) is 2.38. The Hall–Kier alpha value is -0.380. The summed E-state index contributed by atoms with van der Waals surface area (Å²) in [5, 5.41) is 6.93. The molecule has 0 bridgehead atoms. The van der Waals surface area contributed by atoms with E-state index < -0.39 is 0 Å². The molecule has 3 heteroatoms. The van der Waals surface area contributed by atoms with Gasteiger partial charge in [-0.3, -0.25) is 0 Å². The molecule has 2 N–H and O–H groups in total. The second-order valence-corrected chi connectivity index (χ2v) is 6.08. The highest BCUT2D eigenvalue weighted by molar-refractivity contribution is 9.10. The molecule has 102 valence electrons. The van der Waals surface area contributed by atoms with Gasteiger partial charge in [-0.2, -0.15) is 0 Å². The number of halogens is 1. The molecule has 0 unspecified atom stereocenters. The van der Waals surface area contributed by atoms with Crippen LogP contribution in [0.15, 0.2) is 22.7 Å². The van der Waals surface area contributed by atoms with Gasteiger partial charge < -0.3 is 10.6 Å². The van der Waals surface area contributed by atoms with Crippen LogP contribution in [0.2, 0.25) is 0 Å². The van der Waals surface area contributed by atoms with Crippen LogP contribution >= 0.6 is 15.9 Å². The Morgan fingerprint density at radius 3 is 2.56 bits per heavy atom. The third-order valence-electron chi connectivity index (χ3n) is 2.78. The molecule has 0 atom stereocenters. The topological polar surface area (TPSA) is 24.1 Å². The lowest BCUT2D eigenvalue weighted by Crippen LogP contribution is -2.24. The number of benzene rings is 1. The Morgan fingerprint density at radius 1 is 1.17 bits per heavy atom. The zero-order chi connectivity index (χ0) is 13.4. The van der Waals surface area contributed by atoms with E-state index in [2.05, 4.69) is 65.5 Å². The lowest BCUT2D eigenvalue weighted by atomic mass is 10.1. The van der Waals surface area contributed by atoms with Crippen LogP contribution in [0.5, 0.6) is 0 Å². The number of aryl methyl sites for hydroxylation is 1. The molecule has 1 aromatic carbocycles. The molecule has 0 aromatic heterocycles. The van der Waals surface area contributed by atoms with Crippen LogP contribution in [0.3, 0.4) is 0 Å².